The predicted octanol–water partition coefficient (Wildman–Crippen LogP) is 6.00. The molecule has 1 unspecified atom stereocenters. The van der Waals surface area contributed by atoms with Gasteiger partial charge in [0, 0.05) is 15.0 Å². The molecule has 1 aromatic rings. The number of halogens is 2. The Morgan fingerprint density at radius 3 is 2.32 bits per heavy atom. The Labute approximate surface area is 134 Å². The SMILES string of the molecule is CCCNC(CC(C)(C)C)c1cc(Br)c(C)cc1Br. The van der Waals surface area contributed by atoms with Crippen molar-refractivity contribution in [3.05, 3.63) is 32.2 Å². The fourth-order valence-corrected chi connectivity index (χ4v) is 3.25. The van der Waals surface area contributed by atoms with E-state index >= 15 is 0 Å². The zero-order valence-corrected chi connectivity index (χ0v) is 15.8. The van der Waals surface area contributed by atoms with Gasteiger partial charge in [-0.3, -0.25) is 0 Å². The maximum absolute atomic E-state index is 3.72. The van der Waals surface area contributed by atoms with Crippen LogP contribution in [0.4, 0.5) is 0 Å². The molecule has 0 heterocycles. The Morgan fingerprint density at radius 1 is 1.16 bits per heavy atom. The third kappa shape index (κ3) is 5.57. The van der Waals surface area contributed by atoms with Gasteiger partial charge in [-0.1, -0.05) is 59.6 Å². The molecule has 0 radical (unpaired) electrons. The van der Waals surface area contributed by atoms with Crippen LogP contribution < -0.4 is 5.32 Å². The second-order valence-electron chi connectivity index (χ2n) is 6.39. The van der Waals surface area contributed by atoms with Gasteiger partial charge >= 0.3 is 0 Å². The molecule has 0 aliphatic rings. The van der Waals surface area contributed by atoms with Crippen LogP contribution in [0.2, 0.25) is 0 Å². The topological polar surface area (TPSA) is 12.0 Å². The number of benzene rings is 1. The van der Waals surface area contributed by atoms with Crippen LogP contribution >= 0.6 is 31.9 Å². The molecule has 0 aromatic heterocycles. The summed E-state index contributed by atoms with van der Waals surface area (Å²) in [6.45, 7) is 12.3. The quantitative estimate of drug-likeness (QED) is 0.650. The molecular formula is C16H25Br2N. The van der Waals surface area contributed by atoms with Gasteiger partial charge in [0.25, 0.3) is 0 Å². The Bertz CT molecular complexity index is 421. The van der Waals surface area contributed by atoms with E-state index in [1.165, 1.54) is 20.1 Å². The second-order valence-corrected chi connectivity index (χ2v) is 8.10. The smallest absolute Gasteiger partial charge is 0.0336 e. The minimum Gasteiger partial charge on any atom is -0.310 e. The van der Waals surface area contributed by atoms with E-state index in [4.69, 9.17) is 0 Å². The Kier molecular flexibility index (Phi) is 6.55. The average Bonchev–Trinajstić information content (AvgIpc) is 2.28. The number of nitrogens with one attached hydrogen (secondary N) is 1. The fraction of sp³-hybridized carbons (Fsp3) is 0.625. The highest BCUT2D eigenvalue weighted by Gasteiger charge is 2.22. The molecule has 0 aliphatic carbocycles. The maximum Gasteiger partial charge on any atom is 0.0336 e. The van der Waals surface area contributed by atoms with E-state index in [0.717, 1.165) is 19.4 Å². The first kappa shape index (κ1) is 17.2. The van der Waals surface area contributed by atoms with E-state index in [1.54, 1.807) is 0 Å². The summed E-state index contributed by atoms with van der Waals surface area (Å²) in [6.07, 6.45) is 2.28. The van der Waals surface area contributed by atoms with Crippen molar-refractivity contribution in [2.75, 3.05) is 6.54 Å². The molecule has 0 saturated heterocycles. The van der Waals surface area contributed by atoms with Crippen molar-refractivity contribution >= 4 is 31.9 Å². The third-order valence-corrected chi connectivity index (χ3v) is 4.65. The first-order valence-corrected chi connectivity index (χ1v) is 8.52. The van der Waals surface area contributed by atoms with E-state index in [2.05, 4.69) is 83.9 Å². The lowest BCUT2D eigenvalue weighted by molar-refractivity contribution is 0.311. The van der Waals surface area contributed by atoms with Gasteiger partial charge in [0.1, 0.15) is 0 Å². The van der Waals surface area contributed by atoms with Gasteiger partial charge < -0.3 is 5.32 Å². The third-order valence-electron chi connectivity index (χ3n) is 3.11. The summed E-state index contributed by atoms with van der Waals surface area (Å²) in [4.78, 5) is 0. The van der Waals surface area contributed by atoms with Gasteiger partial charge in [-0.25, -0.2) is 0 Å². The largest absolute Gasteiger partial charge is 0.310 e. The van der Waals surface area contributed by atoms with E-state index < -0.39 is 0 Å². The second kappa shape index (κ2) is 7.24. The van der Waals surface area contributed by atoms with Gasteiger partial charge in [0.05, 0.1) is 0 Å². The monoisotopic (exact) mass is 389 g/mol. The summed E-state index contributed by atoms with van der Waals surface area (Å²) < 4.78 is 2.38. The van der Waals surface area contributed by atoms with Crippen molar-refractivity contribution in [1.82, 2.24) is 5.32 Å². The van der Waals surface area contributed by atoms with E-state index in [-0.39, 0.29) is 0 Å². The lowest BCUT2D eigenvalue weighted by atomic mass is 9.85. The lowest BCUT2D eigenvalue weighted by Gasteiger charge is -2.28. The normalized spacial score (nSPS) is 13.6. The van der Waals surface area contributed by atoms with Crippen LogP contribution in [0.25, 0.3) is 0 Å². The van der Waals surface area contributed by atoms with Crippen molar-refractivity contribution in [2.24, 2.45) is 5.41 Å². The zero-order chi connectivity index (χ0) is 14.6. The van der Waals surface area contributed by atoms with Crippen molar-refractivity contribution in [3.63, 3.8) is 0 Å². The molecule has 1 aromatic carbocycles. The fourth-order valence-electron chi connectivity index (χ4n) is 2.15. The predicted molar refractivity (Wildman–Crippen MR) is 91.7 cm³/mol. The Hall–Kier alpha value is 0.140. The molecule has 0 bridgehead atoms. The van der Waals surface area contributed by atoms with Crippen LogP contribution in [0.15, 0.2) is 21.1 Å². The maximum atomic E-state index is 3.72. The average molecular weight is 391 g/mol. The Balaban J connectivity index is 3.06. The molecule has 1 N–H and O–H groups in total. The summed E-state index contributed by atoms with van der Waals surface area (Å²) in [6, 6.07) is 4.84. The lowest BCUT2D eigenvalue weighted by Crippen LogP contribution is -2.26. The van der Waals surface area contributed by atoms with Crippen molar-refractivity contribution in [2.45, 2.75) is 53.5 Å². The van der Waals surface area contributed by atoms with Crippen LogP contribution in [0.3, 0.4) is 0 Å². The number of hydrogen-bond acceptors (Lipinski definition) is 1. The Morgan fingerprint density at radius 2 is 1.79 bits per heavy atom. The van der Waals surface area contributed by atoms with Crippen LogP contribution in [-0.2, 0) is 0 Å². The summed E-state index contributed by atoms with van der Waals surface area (Å²) in [5.74, 6) is 0. The summed E-state index contributed by atoms with van der Waals surface area (Å²) >= 11 is 7.37. The van der Waals surface area contributed by atoms with E-state index in [1.807, 2.05) is 0 Å². The molecule has 0 aliphatic heterocycles. The standard InChI is InChI=1S/C16H25Br2N/c1-6-7-19-15(10-16(3,4)5)12-9-13(17)11(2)8-14(12)18/h8-9,15,19H,6-7,10H2,1-5H3. The molecule has 1 nitrogen and oxygen atoms in total. The van der Waals surface area contributed by atoms with Gasteiger partial charge in [0.15, 0.2) is 0 Å². The number of aryl methyl sites for hydroxylation is 1. The van der Waals surface area contributed by atoms with Crippen LogP contribution in [0.5, 0.6) is 0 Å². The molecule has 3 heteroatoms. The molecular weight excluding hydrogens is 366 g/mol. The molecule has 108 valence electrons. The van der Waals surface area contributed by atoms with Gasteiger partial charge in [-0.2, -0.15) is 0 Å². The highest BCUT2D eigenvalue weighted by atomic mass is 79.9. The molecule has 1 rings (SSSR count). The number of hydrogen-bond donors (Lipinski definition) is 1. The highest BCUT2D eigenvalue weighted by molar-refractivity contribution is 9.11. The van der Waals surface area contributed by atoms with Crippen molar-refractivity contribution < 1.29 is 0 Å². The minimum absolute atomic E-state index is 0.308. The molecule has 0 saturated carbocycles. The molecule has 0 fully saturated rings. The highest BCUT2D eigenvalue weighted by Crippen LogP contribution is 2.35. The van der Waals surface area contributed by atoms with Crippen molar-refractivity contribution in [3.8, 4) is 0 Å². The van der Waals surface area contributed by atoms with Crippen molar-refractivity contribution in [1.29, 1.82) is 0 Å². The molecule has 0 amide bonds. The van der Waals surface area contributed by atoms with Crippen LogP contribution in [0.1, 0.15) is 57.7 Å². The summed E-state index contributed by atoms with van der Waals surface area (Å²) in [7, 11) is 0. The first-order chi connectivity index (χ1) is 8.74. The summed E-state index contributed by atoms with van der Waals surface area (Å²) in [5.41, 5.74) is 2.92. The summed E-state index contributed by atoms with van der Waals surface area (Å²) in [5, 5.41) is 3.68. The van der Waals surface area contributed by atoms with Gasteiger partial charge in [-0.15, -0.1) is 0 Å². The van der Waals surface area contributed by atoms with E-state index in [0.29, 0.717) is 11.5 Å². The molecule has 0 spiro atoms. The molecule has 19 heavy (non-hydrogen) atoms. The zero-order valence-electron chi connectivity index (χ0n) is 12.6. The van der Waals surface area contributed by atoms with Gasteiger partial charge in [0.2, 0.25) is 0 Å². The van der Waals surface area contributed by atoms with Gasteiger partial charge in [-0.05, 0) is 55.0 Å². The van der Waals surface area contributed by atoms with Crippen LogP contribution in [-0.4, -0.2) is 6.54 Å². The molecule has 1 atom stereocenters. The number of rotatable bonds is 5. The van der Waals surface area contributed by atoms with E-state index in [9.17, 15) is 0 Å². The first-order valence-electron chi connectivity index (χ1n) is 6.93. The van der Waals surface area contributed by atoms with Crippen LogP contribution in [0, 0.1) is 12.3 Å². The minimum atomic E-state index is 0.308.